The maximum absolute atomic E-state index is 12.7. The van der Waals surface area contributed by atoms with Crippen molar-refractivity contribution in [2.75, 3.05) is 11.6 Å². The molecule has 4 nitrogen and oxygen atoms in total. The Kier molecular flexibility index (Phi) is 4.74. The molecule has 1 saturated carbocycles. The first-order valence-corrected chi connectivity index (χ1v) is 7.56. The molecular weight excluding hydrogens is 291 g/mol. The molecule has 112 valence electrons. The summed E-state index contributed by atoms with van der Waals surface area (Å²) < 4.78 is 38.0. The van der Waals surface area contributed by atoms with Crippen molar-refractivity contribution in [3.63, 3.8) is 0 Å². The predicted octanol–water partition coefficient (Wildman–Crippen LogP) is 3.15. The van der Waals surface area contributed by atoms with Gasteiger partial charge in [-0.2, -0.15) is 13.2 Å². The van der Waals surface area contributed by atoms with Crippen molar-refractivity contribution in [3.8, 4) is 0 Å². The summed E-state index contributed by atoms with van der Waals surface area (Å²) in [6.45, 7) is 0. The van der Waals surface area contributed by atoms with Gasteiger partial charge < -0.3 is 10.4 Å². The lowest BCUT2D eigenvalue weighted by Gasteiger charge is -2.20. The van der Waals surface area contributed by atoms with Crippen LogP contribution in [0.1, 0.15) is 37.4 Å². The first-order chi connectivity index (χ1) is 9.41. The van der Waals surface area contributed by atoms with Gasteiger partial charge in [-0.15, -0.1) is 0 Å². The van der Waals surface area contributed by atoms with Gasteiger partial charge in [-0.3, -0.25) is 0 Å². The average Bonchev–Trinajstić information content (AvgIpc) is 2.89. The fraction of sp³-hybridized carbons (Fsp3) is 0.667. The number of aliphatic hydroxyl groups excluding tert-OH is 1. The van der Waals surface area contributed by atoms with Crippen molar-refractivity contribution in [1.29, 1.82) is 0 Å². The summed E-state index contributed by atoms with van der Waals surface area (Å²) >= 11 is 1.24. The molecule has 0 bridgehead atoms. The molecule has 1 aromatic heterocycles. The summed E-state index contributed by atoms with van der Waals surface area (Å²) in [7, 11) is 0. The number of thioether (sulfide) groups is 1. The third kappa shape index (κ3) is 3.54. The number of halogens is 3. The summed E-state index contributed by atoms with van der Waals surface area (Å²) in [4.78, 5) is 7.89. The van der Waals surface area contributed by atoms with Gasteiger partial charge in [0.15, 0.2) is 11.3 Å². The molecular formula is C12H16F3N3OS. The molecule has 0 saturated heterocycles. The van der Waals surface area contributed by atoms with E-state index in [1.807, 2.05) is 0 Å². The number of aliphatic hydroxyl groups is 1. The van der Waals surface area contributed by atoms with Crippen molar-refractivity contribution in [3.05, 3.63) is 11.8 Å². The molecule has 8 heteroatoms. The summed E-state index contributed by atoms with van der Waals surface area (Å²) in [5, 5.41) is 12.8. The second-order valence-electron chi connectivity index (χ2n) is 4.73. The predicted molar refractivity (Wildman–Crippen MR) is 70.7 cm³/mol. The fourth-order valence-electron chi connectivity index (χ4n) is 2.23. The normalized spacial score (nSPS) is 18.2. The Balaban J connectivity index is 2.29. The zero-order chi connectivity index (χ0) is 14.8. The van der Waals surface area contributed by atoms with Crippen LogP contribution >= 0.6 is 11.8 Å². The monoisotopic (exact) mass is 307 g/mol. The molecule has 0 radical (unpaired) electrons. The second kappa shape index (κ2) is 6.17. The highest BCUT2D eigenvalue weighted by Crippen LogP contribution is 2.36. The highest BCUT2D eigenvalue weighted by atomic mass is 32.2. The van der Waals surface area contributed by atoms with E-state index >= 15 is 0 Å². The van der Waals surface area contributed by atoms with Gasteiger partial charge in [0.05, 0.1) is 5.56 Å². The van der Waals surface area contributed by atoms with Crippen LogP contribution in [0.3, 0.4) is 0 Å². The number of nitrogens with zero attached hydrogens (tertiary/aromatic N) is 2. The molecule has 1 fully saturated rings. The molecule has 20 heavy (non-hydrogen) atoms. The number of nitrogens with one attached hydrogen (secondary N) is 1. The minimum atomic E-state index is -4.73. The van der Waals surface area contributed by atoms with Gasteiger partial charge in [0.25, 0.3) is 0 Å². The van der Waals surface area contributed by atoms with Gasteiger partial charge in [-0.25, -0.2) is 9.97 Å². The van der Waals surface area contributed by atoms with E-state index in [2.05, 4.69) is 15.3 Å². The lowest BCUT2D eigenvalue weighted by molar-refractivity contribution is -0.206. The molecule has 1 aliphatic rings. The van der Waals surface area contributed by atoms with Gasteiger partial charge in [0, 0.05) is 12.2 Å². The van der Waals surface area contributed by atoms with Crippen molar-refractivity contribution in [2.45, 2.75) is 49.2 Å². The van der Waals surface area contributed by atoms with Gasteiger partial charge in [0.2, 0.25) is 0 Å². The molecule has 0 spiro atoms. The van der Waals surface area contributed by atoms with Crippen LogP contribution < -0.4 is 5.32 Å². The van der Waals surface area contributed by atoms with E-state index in [0.717, 1.165) is 31.9 Å². The largest absolute Gasteiger partial charge is 0.418 e. The van der Waals surface area contributed by atoms with Crippen LogP contribution in [0.15, 0.2) is 11.4 Å². The molecule has 1 aromatic rings. The Labute approximate surface area is 119 Å². The van der Waals surface area contributed by atoms with Crippen LogP contribution in [-0.4, -0.2) is 33.5 Å². The van der Waals surface area contributed by atoms with Crippen molar-refractivity contribution >= 4 is 17.6 Å². The molecule has 1 heterocycles. The standard InChI is InChI=1S/C12H16F3N3OS/c1-20-11-16-6-8(9(19)12(13,14)15)10(18-11)17-7-4-2-3-5-7/h6-7,9,19H,2-5H2,1H3,(H,16,17,18). The van der Waals surface area contributed by atoms with E-state index in [4.69, 9.17) is 0 Å². The first-order valence-electron chi connectivity index (χ1n) is 6.34. The van der Waals surface area contributed by atoms with Gasteiger partial charge >= 0.3 is 6.18 Å². The third-order valence-electron chi connectivity index (χ3n) is 3.28. The number of aromatic nitrogens is 2. The minimum Gasteiger partial charge on any atom is -0.379 e. The van der Waals surface area contributed by atoms with Crippen molar-refractivity contribution < 1.29 is 18.3 Å². The van der Waals surface area contributed by atoms with E-state index in [1.54, 1.807) is 6.26 Å². The Morgan fingerprint density at radius 2 is 2.05 bits per heavy atom. The zero-order valence-corrected chi connectivity index (χ0v) is 11.8. The van der Waals surface area contributed by atoms with Crippen LogP contribution in [-0.2, 0) is 0 Å². The minimum absolute atomic E-state index is 0.0843. The maximum atomic E-state index is 12.7. The van der Waals surface area contributed by atoms with E-state index in [9.17, 15) is 18.3 Å². The number of hydrogen-bond acceptors (Lipinski definition) is 5. The fourth-order valence-corrected chi connectivity index (χ4v) is 2.57. The van der Waals surface area contributed by atoms with E-state index in [-0.39, 0.29) is 17.4 Å². The molecule has 0 aromatic carbocycles. The highest BCUT2D eigenvalue weighted by molar-refractivity contribution is 7.98. The topological polar surface area (TPSA) is 58.0 Å². The van der Waals surface area contributed by atoms with Crippen LogP contribution in [0.5, 0.6) is 0 Å². The maximum Gasteiger partial charge on any atom is 0.418 e. The number of anilines is 1. The summed E-state index contributed by atoms with van der Waals surface area (Å²) in [5.41, 5.74) is -0.317. The first kappa shape index (κ1) is 15.4. The van der Waals surface area contributed by atoms with Crippen LogP contribution in [0, 0.1) is 0 Å². The molecule has 0 amide bonds. The molecule has 1 atom stereocenters. The smallest absolute Gasteiger partial charge is 0.379 e. The van der Waals surface area contributed by atoms with Gasteiger partial charge in [-0.05, 0) is 19.1 Å². The van der Waals surface area contributed by atoms with Crippen LogP contribution in [0.4, 0.5) is 19.0 Å². The summed E-state index contributed by atoms with van der Waals surface area (Å²) in [6.07, 6.45) is -0.591. The number of hydrogen-bond donors (Lipinski definition) is 2. The molecule has 2 rings (SSSR count). The lowest BCUT2D eigenvalue weighted by Crippen LogP contribution is -2.24. The highest BCUT2D eigenvalue weighted by Gasteiger charge is 2.41. The van der Waals surface area contributed by atoms with E-state index in [1.165, 1.54) is 11.8 Å². The third-order valence-corrected chi connectivity index (χ3v) is 3.84. The van der Waals surface area contributed by atoms with E-state index < -0.39 is 12.3 Å². The van der Waals surface area contributed by atoms with E-state index in [0.29, 0.717) is 5.16 Å². The van der Waals surface area contributed by atoms with Crippen molar-refractivity contribution in [1.82, 2.24) is 9.97 Å². The summed E-state index contributed by atoms with van der Waals surface area (Å²) in [5.74, 6) is 0.0843. The molecule has 2 N–H and O–H groups in total. The number of rotatable bonds is 4. The Morgan fingerprint density at radius 1 is 1.40 bits per heavy atom. The average molecular weight is 307 g/mol. The Hall–Kier alpha value is -1.02. The van der Waals surface area contributed by atoms with Gasteiger partial charge in [-0.1, -0.05) is 24.6 Å². The van der Waals surface area contributed by atoms with Gasteiger partial charge in [0.1, 0.15) is 5.82 Å². The van der Waals surface area contributed by atoms with Crippen molar-refractivity contribution in [2.24, 2.45) is 0 Å². The number of alkyl halides is 3. The molecule has 0 aliphatic heterocycles. The molecule has 1 unspecified atom stereocenters. The quantitative estimate of drug-likeness (QED) is 0.661. The molecule has 1 aliphatic carbocycles. The summed E-state index contributed by atoms with van der Waals surface area (Å²) in [6, 6.07) is 0.110. The Bertz CT molecular complexity index is 464. The Morgan fingerprint density at radius 3 is 2.60 bits per heavy atom. The lowest BCUT2D eigenvalue weighted by atomic mass is 10.1. The van der Waals surface area contributed by atoms with Crippen LogP contribution in [0.25, 0.3) is 0 Å². The zero-order valence-electron chi connectivity index (χ0n) is 10.9. The second-order valence-corrected chi connectivity index (χ2v) is 5.50. The SMILES string of the molecule is CSc1ncc(C(O)C(F)(F)F)c(NC2CCCC2)n1. The van der Waals surface area contributed by atoms with Crippen LogP contribution in [0.2, 0.25) is 0 Å².